The van der Waals surface area contributed by atoms with E-state index in [4.69, 9.17) is 16.4 Å². The molecule has 1 atom stereocenters. The third kappa shape index (κ3) is 3.63. The Morgan fingerprint density at radius 2 is 2.20 bits per heavy atom. The van der Waals surface area contributed by atoms with Gasteiger partial charge in [-0.15, -0.1) is 11.6 Å². The van der Waals surface area contributed by atoms with Gasteiger partial charge in [0.25, 0.3) is 5.91 Å². The Morgan fingerprint density at radius 3 is 3.00 bits per heavy atom. The molecule has 6 heteroatoms. The summed E-state index contributed by atoms with van der Waals surface area (Å²) in [5.41, 5.74) is 3.24. The fourth-order valence-corrected chi connectivity index (χ4v) is 2.27. The maximum absolute atomic E-state index is 11.8. The van der Waals surface area contributed by atoms with Crippen molar-refractivity contribution in [2.24, 2.45) is 0 Å². The highest BCUT2D eigenvalue weighted by molar-refractivity contribution is 6.17. The van der Waals surface area contributed by atoms with Crippen molar-refractivity contribution < 1.29 is 14.4 Å². The van der Waals surface area contributed by atoms with Crippen LogP contribution < -0.4 is 15.6 Å². The molecule has 0 bridgehead atoms. The van der Waals surface area contributed by atoms with Gasteiger partial charge >= 0.3 is 0 Å². The van der Waals surface area contributed by atoms with Crippen molar-refractivity contribution in [3.8, 4) is 5.75 Å². The van der Waals surface area contributed by atoms with Crippen LogP contribution in [-0.4, -0.2) is 24.2 Å². The summed E-state index contributed by atoms with van der Waals surface area (Å²) < 4.78 is 0. The van der Waals surface area contributed by atoms with Gasteiger partial charge in [-0.2, -0.15) is 5.48 Å². The minimum absolute atomic E-state index is 0.0357. The van der Waals surface area contributed by atoms with E-state index in [2.05, 4.69) is 10.8 Å². The summed E-state index contributed by atoms with van der Waals surface area (Å²) in [6.07, 6.45) is 1.62. The van der Waals surface area contributed by atoms with Crippen molar-refractivity contribution in [1.82, 2.24) is 10.8 Å². The van der Waals surface area contributed by atoms with E-state index in [-0.39, 0.29) is 17.7 Å². The monoisotopic (exact) mass is 296 g/mol. The molecule has 108 valence electrons. The van der Waals surface area contributed by atoms with Gasteiger partial charge in [-0.05, 0) is 18.9 Å². The lowest BCUT2D eigenvalue weighted by molar-refractivity contribution is -0.131. The van der Waals surface area contributed by atoms with Gasteiger partial charge in [0, 0.05) is 24.4 Å². The van der Waals surface area contributed by atoms with E-state index < -0.39 is 0 Å². The normalized spacial score (nSPS) is 16.9. The zero-order chi connectivity index (χ0) is 14.4. The van der Waals surface area contributed by atoms with Crippen molar-refractivity contribution in [2.45, 2.75) is 25.2 Å². The largest absolute Gasteiger partial charge is 0.379 e. The second kappa shape index (κ2) is 7.14. The molecule has 2 rings (SSSR count). The SMILES string of the molecule is O=C(CCCCl)NCCC1C(=O)NOc2ccccc21. The molecule has 0 saturated carbocycles. The van der Waals surface area contributed by atoms with Crippen molar-refractivity contribution >= 4 is 23.4 Å². The molecule has 1 aliphatic rings. The van der Waals surface area contributed by atoms with Gasteiger partial charge in [-0.3, -0.25) is 9.59 Å². The summed E-state index contributed by atoms with van der Waals surface area (Å²) in [4.78, 5) is 28.5. The molecule has 0 aromatic heterocycles. The van der Waals surface area contributed by atoms with Crippen LogP contribution in [0.4, 0.5) is 0 Å². The van der Waals surface area contributed by atoms with Crippen LogP contribution in [0.5, 0.6) is 5.75 Å². The molecule has 0 fully saturated rings. The third-order valence-electron chi connectivity index (χ3n) is 3.17. The molecule has 0 radical (unpaired) electrons. The van der Waals surface area contributed by atoms with Crippen LogP contribution in [0.1, 0.15) is 30.7 Å². The van der Waals surface area contributed by atoms with E-state index in [1.807, 2.05) is 18.2 Å². The van der Waals surface area contributed by atoms with Gasteiger partial charge < -0.3 is 10.2 Å². The molecule has 1 aliphatic heterocycles. The Bertz CT molecular complexity index is 493. The van der Waals surface area contributed by atoms with Gasteiger partial charge in [0.1, 0.15) is 0 Å². The summed E-state index contributed by atoms with van der Waals surface area (Å²) in [6.45, 7) is 0.452. The Labute approximate surface area is 122 Å². The lowest BCUT2D eigenvalue weighted by atomic mass is 9.93. The molecule has 0 saturated heterocycles. The summed E-state index contributed by atoms with van der Waals surface area (Å²) in [6, 6.07) is 7.39. The summed E-state index contributed by atoms with van der Waals surface area (Å²) in [7, 11) is 0. The average Bonchev–Trinajstić information content (AvgIpc) is 2.47. The van der Waals surface area contributed by atoms with E-state index in [9.17, 15) is 9.59 Å². The first-order valence-electron chi connectivity index (χ1n) is 6.60. The Kier molecular flexibility index (Phi) is 5.24. The van der Waals surface area contributed by atoms with Crippen LogP contribution in [0.3, 0.4) is 0 Å². The van der Waals surface area contributed by atoms with Gasteiger partial charge in [-0.25, -0.2) is 0 Å². The van der Waals surface area contributed by atoms with E-state index in [0.717, 1.165) is 5.56 Å². The van der Waals surface area contributed by atoms with Crippen LogP contribution in [0.15, 0.2) is 24.3 Å². The van der Waals surface area contributed by atoms with Crippen molar-refractivity contribution in [2.75, 3.05) is 12.4 Å². The molecule has 1 aromatic rings. The number of hydrogen-bond acceptors (Lipinski definition) is 3. The number of para-hydroxylation sites is 1. The van der Waals surface area contributed by atoms with E-state index in [1.165, 1.54) is 0 Å². The maximum atomic E-state index is 11.8. The topological polar surface area (TPSA) is 67.4 Å². The number of fused-ring (bicyclic) bond motifs is 1. The first-order valence-corrected chi connectivity index (χ1v) is 7.14. The lowest BCUT2D eigenvalue weighted by Crippen LogP contribution is -2.38. The zero-order valence-electron chi connectivity index (χ0n) is 11.0. The third-order valence-corrected chi connectivity index (χ3v) is 3.43. The number of hydrogen-bond donors (Lipinski definition) is 2. The lowest BCUT2D eigenvalue weighted by Gasteiger charge is -2.24. The highest BCUT2D eigenvalue weighted by atomic mass is 35.5. The van der Waals surface area contributed by atoms with E-state index in [1.54, 1.807) is 6.07 Å². The number of benzene rings is 1. The first-order chi connectivity index (χ1) is 9.72. The summed E-state index contributed by atoms with van der Waals surface area (Å²) in [5.74, 6) is 0.618. The second-order valence-electron chi connectivity index (χ2n) is 4.59. The average molecular weight is 297 g/mol. The Morgan fingerprint density at radius 1 is 1.40 bits per heavy atom. The number of halogens is 1. The van der Waals surface area contributed by atoms with Crippen molar-refractivity contribution in [3.63, 3.8) is 0 Å². The van der Waals surface area contributed by atoms with Gasteiger partial charge in [-0.1, -0.05) is 18.2 Å². The zero-order valence-corrected chi connectivity index (χ0v) is 11.8. The fraction of sp³-hybridized carbons (Fsp3) is 0.429. The van der Waals surface area contributed by atoms with Crippen LogP contribution in [-0.2, 0) is 9.59 Å². The molecule has 0 spiro atoms. The minimum atomic E-state index is -0.298. The maximum Gasteiger partial charge on any atom is 0.260 e. The molecule has 1 unspecified atom stereocenters. The van der Waals surface area contributed by atoms with Crippen molar-refractivity contribution in [3.05, 3.63) is 29.8 Å². The van der Waals surface area contributed by atoms with Gasteiger partial charge in [0.05, 0.1) is 5.92 Å². The van der Waals surface area contributed by atoms with Gasteiger partial charge in [0.15, 0.2) is 5.75 Å². The smallest absolute Gasteiger partial charge is 0.260 e. The number of nitrogens with one attached hydrogen (secondary N) is 2. The molecule has 2 N–H and O–H groups in total. The number of amides is 2. The number of carbonyl (C=O) groups excluding carboxylic acids is 2. The van der Waals surface area contributed by atoms with Gasteiger partial charge in [0.2, 0.25) is 5.91 Å². The van der Waals surface area contributed by atoms with Crippen molar-refractivity contribution in [1.29, 1.82) is 0 Å². The number of hydroxylamine groups is 1. The first kappa shape index (κ1) is 14.7. The predicted molar refractivity (Wildman–Crippen MR) is 75.5 cm³/mol. The molecular weight excluding hydrogens is 280 g/mol. The Balaban J connectivity index is 1.89. The molecule has 5 nitrogen and oxygen atoms in total. The van der Waals surface area contributed by atoms with E-state index in [0.29, 0.717) is 37.4 Å². The molecule has 1 heterocycles. The number of alkyl halides is 1. The van der Waals surface area contributed by atoms with Crippen LogP contribution in [0.25, 0.3) is 0 Å². The standard InChI is InChI=1S/C14H17ClN2O3/c15-8-3-6-13(18)16-9-7-11-10-4-1-2-5-12(10)20-17-14(11)19/h1-2,4-5,11H,3,6-9H2,(H,16,18)(H,17,19). The van der Waals surface area contributed by atoms with Crippen LogP contribution in [0, 0.1) is 0 Å². The molecule has 2 amide bonds. The quantitative estimate of drug-likeness (QED) is 0.786. The minimum Gasteiger partial charge on any atom is -0.379 e. The molecule has 1 aromatic carbocycles. The highest BCUT2D eigenvalue weighted by Gasteiger charge is 2.28. The second-order valence-corrected chi connectivity index (χ2v) is 4.97. The summed E-state index contributed by atoms with van der Waals surface area (Å²) >= 11 is 5.53. The van der Waals surface area contributed by atoms with Crippen LogP contribution in [0.2, 0.25) is 0 Å². The molecule has 0 aliphatic carbocycles. The predicted octanol–water partition coefficient (Wildman–Crippen LogP) is 1.72. The number of rotatable bonds is 6. The molecular formula is C14H17ClN2O3. The van der Waals surface area contributed by atoms with E-state index >= 15 is 0 Å². The number of carbonyl (C=O) groups is 2. The van der Waals surface area contributed by atoms with Crippen LogP contribution >= 0.6 is 11.6 Å². The fourth-order valence-electron chi connectivity index (χ4n) is 2.14. The molecule has 20 heavy (non-hydrogen) atoms. The Hall–Kier alpha value is -1.75. The highest BCUT2D eigenvalue weighted by Crippen LogP contribution is 2.31. The summed E-state index contributed by atoms with van der Waals surface area (Å²) in [5, 5.41) is 2.80.